The molecule has 0 radical (unpaired) electrons. The number of ether oxygens (including phenoxy) is 4. The van der Waals surface area contributed by atoms with E-state index in [1.807, 2.05) is 13.8 Å². The number of allylic oxidation sites excluding steroid dienone is 2. The van der Waals surface area contributed by atoms with Crippen LogP contribution < -0.4 is 0 Å². The van der Waals surface area contributed by atoms with E-state index in [0.29, 0.717) is 19.3 Å². The first-order chi connectivity index (χ1) is 26.7. The number of hydrogen-bond acceptors (Lipinski definition) is 14. The molecule has 0 aromatic heterocycles. The molecule has 10 N–H and O–H groups in total. The van der Waals surface area contributed by atoms with Crippen LogP contribution in [-0.2, 0) is 23.7 Å². The molecule has 15 nitrogen and oxygen atoms in total. The number of aliphatic carboxylic acids is 1. The van der Waals surface area contributed by atoms with E-state index in [2.05, 4.69) is 33.8 Å². The standard InChI is InChI=1S/C42H68O15/c1-19-20(2)28-21-7-8-26-38(3)11-10-27(57-36-34(51)32(49)30(47)24(17-44)56-36)39(4,18-45)25(38)9-12-41(26,6)40(21,5)13-14-42(28,37(52)53)15-22(19)54-35-33(50)31(48)29(46)23(16-43)55-35/h7,19-20,22-36,43-51H,8-18H2,1-6H3,(H,52,53)/t19-,20-,22+,23+,24+,25+,26+,27-,28-,29+,30+,31-,32-,33+,34+,35+,36-,38-,39-,40+,41+,42+/m0/s1. The second-order valence-corrected chi connectivity index (χ2v) is 20.1. The van der Waals surface area contributed by atoms with Crippen LogP contribution in [-0.4, -0.2) is 150 Å². The molecule has 0 amide bonds. The predicted molar refractivity (Wildman–Crippen MR) is 201 cm³/mol. The summed E-state index contributed by atoms with van der Waals surface area (Å²) in [6, 6.07) is 0. The molecule has 2 heterocycles. The van der Waals surface area contributed by atoms with Crippen LogP contribution in [0.15, 0.2) is 11.6 Å². The molecular formula is C42H68O15. The van der Waals surface area contributed by atoms with Crippen molar-refractivity contribution in [2.24, 2.45) is 56.7 Å². The van der Waals surface area contributed by atoms with Crippen molar-refractivity contribution in [2.45, 2.75) is 167 Å². The van der Waals surface area contributed by atoms with Gasteiger partial charge in [-0.2, -0.15) is 0 Å². The van der Waals surface area contributed by atoms with Crippen molar-refractivity contribution in [2.75, 3.05) is 19.8 Å². The summed E-state index contributed by atoms with van der Waals surface area (Å²) in [6.45, 7) is 11.8. The number of carboxylic acid groups (broad SMARTS) is 1. The third-order valence-corrected chi connectivity index (χ3v) is 17.8. The van der Waals surface area contributed by atoms with Crippen molar-refractivity contribution in [3.8, 4) is 0 Å². The monoisotopic (exact) mass is 812 g/mol. The minimum Gasteiger partial charge on any atom is -0.481 e. The zero-order valence-electron chi connectivity index (χ0n) is 34.2. The average molecular weight is 813 g/mol. The van der Waals surface area contributed by atoms with Crippen molar-refractivity contribution in [3.63, 3.8) is 0 Å². The van der Waals surface area contributed by atoms with E-state index < -0.39 is 104 Å². The zero-order valence-corrected chi connectivity index (χ0v) is 34.2. The molecule has 4 saturated carbocycles. The minimum absolute atomic E-state index is 0.0194. The van der Waals surface area contributed by atoms with Crippen molar-refractivity contribution >= 4 is 5.97 Å². The van der Waals surface area contributed by atoms with E-state index >= 15 is 0 Å². The minimum atomic E-state index is -1.60. The van der Waals surface area contributed by atoms with Gasteiger partial charge in [0.05, 0.1) is 37.4 Å². The lowest BCUT2D eigenvalue weighted by Gasteiger charge is -2.71. The van der Waals surface area contributed by atoms with Gasteiger partial charge in [0.15, 0.2) is 12.6 Å². The van der Waals surface area contributed by atoms with Crippen LogP contribution in [0.3, 0.4) is 0 Å². The highest BCUT2D eigenvalue weighted by Crippen LogP contribution is 2.76. The first-order valence-corrected chi connectivity index (χ1v) is 21.2. The molecule has 0 aromatic carbocycles. The van der Waals surface area contributed by atoms with E-state index in [1.54, 1.807) is 0 Å². The highest BCUT2D eigenvalue weighted by Gasteiger charge is 2.71. The molecule has 5 aliphatic carbocycles. The zero-order chi connectivity index (χ0) is 41.8. The number of carboxylic acids is 1. The predicted octanol–water partition coefficient (Wildman–Crippen LogP) is 0.681. The first kappa shape index (κ1) is 43.8. The normalized spacial score (nSPS) is 56.4. The first-order valence-electron chi connectivity index (χ1n) is 21.2. The molecule has 22 atom stereocenters. The molecule has 2 aliphatic heterocycles. The fourth-order valence-electron chi connectivity index (χ4n) is 14.0. The smallest absolute Gasteiger partial charge is 0.310 e. The fraction of sp³-hybridized carbons (Fsp3) is 0.929. The Kier molecular flexibility index (Phi) is 11.7. The van der Waals surface area contributed by atoms with Crippen LogP contribution in [0.5, 0.6) is 0 Å². The maximum absolute atomic E-state index is 13.6. The topological polar surface area (TPSA) is 256 Å². The molecule has 0 aromatic rings. The second kappa shape index (κ2) is 15.2. The van der Waals surface area contributed by atoms with Crippen molar-refractivity contribution in [1.29, 1.82) is 0 Å². The highest BCUT2D eigenvalue weighted by molar-refractivity contribution is 5.77. The summed E-state index contributed by atoms with van der Waals surface area (Å²) >= 11 is 0. The van der Waals surface area contributed by atoms with E-state index in [9.17, 15) is 55.9 Å². The van der Waals surface area contributed by atoms with Crippen LogP contribution in [0.2, 0.25) is 0 Å². The van der Waals surface area contributed by atoms with Gasteiger partial charge < -0.3 is 70.0 Å². The molecule has 326 valence electrons. The Morgan fingerprint density at radius 3 is 1.86 bits per heavy atom. The van der Waals surface area contributed by atoms with E-state index in [-0.39, 0.29) is 58.9 Å². The fourth-order valence-corrected chi connectivity index (χ4v) is 14.0. The Bertz CT molecular complexity index is 1530. The Labute approximate surface area is 335 Å². The number of hydrogen-bond donors (Lipinski definition) is 10. The third kappa shape index (κ3) is 6.26. The number of aliphatic hydroxyl groups excluding tert-OH is 9. The average Bonchev–Trinajstić information content (AvgIpc) is 3.18. The van der Waals surface area contributed by atoms with Crippen molar-refractivity contribution in [3.05, 3.63) is 11.6 Å². The van der Waals surface area contributed by atoms with Crippen molar-refractivity contribution in [1.82, 2.24) is 0 Å². The number of aliphatic hydroxyl groups is 9. The summed E-state index contributed by atoms with van der Waals surface area (Å²) in [5, 5.41) is 105. The van der Waals surface area contributed by atoms with Crippen LogP contribution in [0.4, 0.5) is 0 Å². The van der Waals surface area contributed by atoms with Gasteiger partial charge in [0.2, 0.25) is 0 Å². The highest BCUT2D eigenvalue weighted by atomic mass is 16.7. The lowest BCUT2D eigenvalue weighted by Crippen LogP contribution is -2.67. The lowest BCUT2D eigenvalue weighted by molar-refractivity contribution is -0.333. The maximum atomic E-state index is 13.6. The molecule has 7 rings (SSSR count). The Hall–Kier alpha value is -1.31. The summed E-state index contributed by atoms with van der Waals surface area (Å²) in [6.07, 6.45) is -8.17. The van der Waals surface area contributed by atoms with Crippen molar-refractivity contribution < 1.29 is 74.8 Å². The summed E-state index contributed by atoms with van der Waals surface area (Å²) in [4.78, 5) is 13.6. The molecule has 0 spiro atoms. The van der Waals surface area contributed by atoms with Gasteiger partial charge in [-0.15, -0.1) is 0 Å². The number of carbonyl (C=O) groups is 1. The van der Waals surface area contributed by atoms with Crippen LogP contribution in [0.1, 0.15) is 92.9 Å². The Morgan fingerprint density at radius 2 is 1.32 bits per heavy atom. The van der Waals surface area contributed by atoms with Gasteiger partial charge >= 0.3 is 5.97 Å². The molecule has 0 unspecified atom stereocenters. The van der Waals surface area contributed by atoms with Gasteiger partial charge in [-0.3, -0.25) is 4.79 Å². The van der Waals surface area contributed by atoms with Crippen LogP contribution in [0, 0.1) is 56.7 Å². The van der Waals surface area contributed by atoms with Gasteiger partial charge in [-0.05, 0) is 97.2 Å². The summed E-state index contributed by atoms with van der Waals surface area (Å²) in [5.41, 5.74) is -1.48. The van der Waals surface area contributed by atoms with E-state index in [1.165, 1.54) is 5.57 Å². The van der Waals surface area contributed by atoms with Gasteiger partial charge in [-0.1, -0.05) is 53.2 Å². The van der Waals surface area contributed by atoms with Crippen LogP contribution in [0.25, 0.3) is 0 Å². The molecule has 7 aliphatic rings. The van der Waals surface area contributed by atoms with Gasteiger partial charge in [0, 0.05) is 5.41 Å². The molecule has 15 heteroatoms. The number of rotatable bonds is 8. The van der Waals surface area contributed by atoms with E-state index in [0.717, 1.165) is 25.7 Å². The van der Waals surface area contributed by atoms with Gasteiger partial charge in [-0.25, -0.2) is 0 Å². The molecule has 57 heavy (non-hydrogen) atoms. The summed E-state index contributed by atoms with van der Waals surface area (Å²) in [5.74, 6) is -1.27. The molecule has 2 saturated heterocycles. The molecular weight excluding hydrogens is 744 g/mol. The maximum Gasteiger partial charge on any atom is 0.310 e. The second-order valence-electron chi connectivity index (χ2n) is 20.1. The number of fused-ring (bicyclic) bond motifs is 7. The third-order valence-electron chi connectivity index (χ3n) is 17.8. The SMILES string of the molecule is C[C@H]1[C@H](C)[C@H](O[C@@H]2O[C@H](CO)[C@@H](O)[C@H](O)[C@H]2O)C[C@]2(C(=O)O)CC[C@]3(C)C(=CC[C@@H]4[C@@]5(C)CC[C@H](O[C@@H]6O[C@H](CO)[C@@H](O)[C@H](O)[C@H]6O)[C@@](C)(CO)[C@@H]5CC[C@]43C)[C@H]12. The lowest BCUT2D eigenvalue weighted by atomic mass is 9.33. The summed E-state index contributed by atoms with van der Waals surface area (Å²) < 4.78 is 24.2. The Morgan fingerprint density at radius 1 is 0.737 bits per heavy atom. The van der Waals surface area contributed by atoms with E-state index in [4.69, 9.17) is 18.9 Å². The van der Waals surface area contributed by atoms with Gasteiger partial charge in [0.1, 0.15) is 48.8 Å². The quantitative estimate of drug-likeness (QED) is 0.120. The largest absolute Gasteiger partial charge is 0.481 e. The Balaban J connectivity index is 1.16. The van der Waals surface area contributed by atoms with Gasteiger partial charge in [0.25, 0.3) is 0 Å². The molecule has 0 bridgehead atoms. The van der Waals surface area contributed by atoms with Crippen LogP contribution >= 0.6 is 0 Å². The summed E-state index contributed by atoms with van der Waals surface area (Å²) in [7, 11) is 0. The molecule has 6 fully saturated rings.